The van der Waals surface area contributed by atoms with Crippen LogP contribution in [0.2, 0.25) is 0 Å². The SMILES string of the molecule is CCNCCn1c(CC(C)(C)C)nc2cc(/C=C/C(=O)NO)ccc21. The molecule has 0 bridgehead atoms. The van der Waals surface area contributed by atoms with Crippen molar-refractivity contribution in [3.63, 3.8) is 0 Å². The molecule has 136 valence electrons. The predicted molar refractivity (Wildman–Crippen MR) is 100 cm³/mol. The maximum atomic E-state index is 11.1. The van der Waals surface area contributed by atoms with Gasteiger partial charge in [-0.15, -0.1) is 0 Å². The number of nitrogens with one attached hydrogen (secondary N) is 2. The maximum Gasteiger partial charge on any atom is 0.267 e. The molecule has 1 aromatic carbocycles. The number of aromatic nitrogens is 2. The van der Waals surface area contributed by atoms with Crippen molar-refractivity contribution in [1.82, 2.24) is 20.3 Å². The van der Waals surface area contributed by atoms with Crippen LogP contribution < -0.4 is 10.8 Å². The van der Waals surface area contributed by atoms with Crippen LogP contribution in [0, 0.1) is 5.41 Å². The van der Waals surface area contributed by atoms with Crippen LogP contribution in [0.25, 0.3) is 17.1 Å². The summed E-state index contributed by atoms with van der Waals surface area (Å²) in [6.07, 6.45) is 3.84. The van der Waals surface area contributed by atoms with E-state index in [1.54, 1.807) is 11.6 Å². The first-order valence-corrected chi connectivity index (χ1v) is 8.66. The first-order valence-electron chi connectivity index (χ1n) is 8.66. The summed E-state index contributed by atoms with van der Waals surface area (Å²) < 4.78 is 2.27. The molecule has 0 fully saturated rings. The molecule has 0 aliphatic heterocycles. The van der Waals surface area contributed by atoms with Gasteiger partial charge in [-0.05, 0) is 35.7 Å². The summed E-state index contributed by atoms with van der Waals surface area (Å²) in [5.41, 5.74) is 4.63. The molecule has 1 aromatic heterocycles. The number of carbonyl (C=O) groups is 1. The predicted octanol–water partition coefficient (Wildman–Crippen LogP) is 2.75. The summed E-state index contributed by atoms with van der Waals surface area (Å²) in [5, 5.41) is 11.9. The van der Waals surface area contributed by atoms with E-state index in [4.69, 9.17) is 10.2 Å². The Labute approximate surface area is 148 Å². The molecule has 6 heteroatoms. The largest absolute Gasteiger partial charge is 0.327 e. The quantitative estimate of drug-likeness (QED) is 0.312. The average molecular weight is 344 g/mol. The molecule has 3 N–H and O–H groups in total. The van der Waals surface area contributed by atoms with Gasteiger partial charge in [0, 0.05) is 25.6 Å². The summed E-state index contributed by atoms with van der Waals surface area (Å²) in [5.74, 6) is 0.527. The van der Waals surface area contributed by atoms with Gasteiger partial charge in [0.25, 0.3) is 5.91 Å². The van der Waals surface area contributed by atoms with E-state index in [1.165, 1.54) is 6.08 Å². The third-order valence-corrected chi connectivity index (χ3v) is 3.84. The van der Waals surface area contributed by atoms with Crippen LogP contribution in [0.15, 0.2) is 24.3 Å². The standard InChI is InChI=1S/C19H28N4O2/c1-5-20-10-11-23-16-8-6-14(7-9-18(24)22-25)12-15(16)21-17(23)13-19(2,3)4/h6-9,12,20,25H,5,10-11,13H2,1-4H3,(H,22,24)/b9-7+. The van der Waals surface area contributed by atoms with Crippen molar-refractivity contribution in [2.45, 2.75) is 40.7 Å². The summed E-state index contributed by atoms with van der Waals surface area (Å²) in [6.45, 7) is 11.5. The van der Waals surface area contributed by atoms with Crippen molar-refractivity contribution in [1.29, 1.82) is 0 Å². The monoisotopic (exact) mass is 344 g/mol. The lowest BCUT2D eigenvalue weighted by molar-refractivity contribution is -0.124. The second-order valence-electron chi connectivity index (χ2n) is 7.33. The Hall–Kier alpha value is -2.18. The molecule has 0 radical (unpaired) electrons. The van der Waals surface area contributed by atoms with E-state index in [9.17, 15) is 4.79 Å². The lowest BCUT2D eigenvalue weighted by atomic mass is 9.92. The molecule has 2 rings (SSSR count). The minimum absolute atomic E-state index is 0.152. The van der Waals surface area contributed by atoms with Gasteiger partial charge >= 0.3 is 0 Å². The molecule has 2 aromatic rings. The molecule has 1 heterocycles. The first-order chi connectivity index (χ1) is 11.8. The van der Waals surface area contributed by atoms with Crippen LogP contribution in [0.4, 0.5) is 0 Å². The van der Waals surface area contributed by atoms with Crippen LogP contribution in [-0.4, -0.2) is 33.8 Å². The number of hydrogen-bond donors (Lipinski definition) is 3. The van der Waals surface area contributed by atoms with E-state index in [2.05, 4.69) is 37.6 Å². The zero-order chi connectivity index (χ0) is 18.4. The number of carbonyl (C=O) groups excluding carboxylic acids is 1. The number of fused-ring (bicyclic) bond motifs is 1. The molecule has 1 amide bonds. The topological polar surface area (TPSA) is 79.2 Å². The zero-order valence-corrected chi connectivity index (χ0v) is 15.5. The number of benzene rings is 1. The molecule has 0 unspecified atom stereocenters. The van der Waals surface area contributed by atoms with Crippen LogP contribution in [0.1, 0.15) is 39.1 Å². The van der Waals surface area contributed by atoms with Gasteiger partial charge in [0.1, 0.15) is 5.82 Å². The van der Waals surface area contributed by atoms with Gasteiger partial charge in [0.2, 0.25) is 0 Å². The fourth-order valence-electron chi connectivity index (χ4n) is 2.74. The van der Waals surface area contributed by atoms with Gasteiger partial charge in [0.15, 0.2) is 0 Å². The lowest BCUT2D eigenvalue weighted by Crippen LogP contribution is -2.22. The van der Waals surface area contributed by atoms with Gasteiger partial charge in [0.05, 0.1) is 11.0 Å². The lowest BCUT2D eigenvalue weighted by Gasteiger charge is -2.19. The Bertz CT molecular complexity index is 757. The van der Waals surface area contributed by atoms with E-state index in [-0.39, 0.29) is 5.41 Å². The first kappa shape index (κ1) is 19.1. The van der Waals surface area contributed by atoms with Gasteiger partial charge in [-0.1, -0.05) is 33.8 Å². The number of amides is 1. The molecule has 6 nitrogen and oxygen atoms in total. The van der Waals surface area contributed by atoms with Crippen LogP contribution in [0.5, 0.6) is 0 Å². The highest BCUT2D eigenvalue weighted by molar-refractivity contribution is 5.91. The number of hydroxylamine groups is 1. The summed E-state index contributed by atoms with van der Waals surface area (Å²) in [6, 6.07) is 5.96. The highest BCUT2D eigenvalue weighted by atomic mass is 16.5. The highest BCUT2D eigenvalue weighted by Gasteiger charge is 2.18. The smallest absolute Gasteiger partial charge is 0.267 e. The van der Waals surface area contributed by atoms with E-state index in [0.29, 0.717) is 0 Å². The van der Waals surface area contributed by atoms with Crippen molar-refractivity contribution in [3.05, 3.63) is 35.7 Å². The minimum atomic E-state index is -0.551. The maximum absolute atomic E-state index is 11.1. The summed E-state index contributed by atoms with van der Waals surface area (Å²) in [4.78, 5) is 16.0. The number of nitrogens with zero attached hydrogens (tertiary/aromatic N) is 2. The van der Waals surface area contributed by atoms with Gasteiger partial charge < -0.3 is 9.88 Å². The zero-order valence-electron chi connectivity index (χ0n) is 15.5. The van der Waals surface area contributed by atoms with E-state index in [0.717, 1.165) is 48.5 Å². The fourth-order valence-corrected chi connectivity index (χ4v) is 2.74. The second kappa shape index (κ2) is 8.27. The third kappa shape index (κ3) is 5.41. The van der Waals surface area contributed by atoms with Crippen LogP contribution >= 0.6 is 0 Å². The molecule has 0 saturated carbocycles. The Balaban J connectivity index is 2.38. The van der Waals surface area contributed by atoms with E-state index in [1.807, 2.05) is 18.2 Å². The minimum Gasteiger partial charge on any atom is -0.327 e. The van der Waals surface area contributed by atoms with Crippen molar-refractivity contribution < 1.29 is 10.0 Å². The van der Waals surface area contributed by atoms with Crippen molar-refractivity contribution in [2.75, 3.05) is 13.1 Å². The van der Waals surface area contributed by atoms with Gasteiger partial charge in [-0.2, -0.15) is 0 Å². The average Bonchev–Trinajstić information content (AvgIpc) is 2.87. The molecule has 0 spiro atoms. The van der Waals surface area contributed by atoms with Crippen molar-refractivity contribution >= 4 is 23.0 Å². The Morgan fingerprint density at radius 2 is 2.12 bits per heavy atom. The normalized spacial score (nSPS) is 12.2. The molecule has 0 saturated heterocycles. The van der Waals surface area contributed by atoms with Crippen LogP contribution in [-0.2, 0) is 17.8 Å². The molecular weight excluding hydrogens is 316 g/mol. The number of imidazole rings is 1. The summed E-state index contributed by atoms with van der Waals surface area (Å²) >= 11 is 0. The third-order valence-electron chi connectivity index (χ3n) is 3.84. The van der Waals surface area contributed by atoms with Crippen molar-refractivity contribution in [3.8, 4) is 0 Å². The number of hydrogen-bond acceptors (Lipinski definition) is 4. The Morgan fingerprint density at radius 1 is 1.36 bits per heavy atom. The molecule has 25 heavy (non-hydrogen) atoms. The van der Waals surface area contributed by atoms with Crippen LogP contribution in [0.3, 0.4) is 0 Å². The van der Waals surface area contributed by atoms with Gasteiger partial charge in [-0.3, -0.25) is 10.0 Å². The number of likely N-dealkylation sites (N-methyl/N-ethyl adjacent to an activating group) is 1. The fraction of sp³-hybridized carbons (Fsp3) is 0.474. The molecular formula is C19H28N4O2. The summed E-state index contributed by atoms with van der Waals surface area (Å²) in [7, 11) is 0. The highest BCUT2D eigenvalue weighted by Crippen LogP contribution is 2.25. The molecule has 0 aliphatic carbocycles. The van der Waals surface area contributed by atoms with E-state index < -0.39 is 5.91 Å². The van der Waals surface area contributed by atoms with Gasteiger partial charge in [-0.25, -0.2) is 10.5 Å². The second-order valence-corrected chi connectivity index (χ2v) is 7.33. The Kier molecular flexibility index (Phi) is 6.33. The number of rotatable bonds is 7. The molecule has 0 atom stereocenters. The van der Waals surface area contributed by atoms with E-state index >= 15 is 0 Å². The van der Waals surface area contributed by atoms with Crippen molar-refractivity contribution in [2.24, 2.45) is 5.41 Å². The Morgan fingerprint density at radius 3 is 2.76 bits per heavy atom. The molecule has 0 aliphatic rings.